The average molecular weight is 244 g/mol. The fourth-order valence-corrected chi connectivity index (χ4v) is 2.83. The topological polar surface area (TPSA) is 32.7 Å². The van der Waals surface area contributed by atoms with Crippen molar-refractivity contribution < 1.29 is 4.79 Å². The number of likely N-dealkylation sites (tertiary alicyclic amines) is 1. The Bertz CT molecular complexity index is 435. The highest BCUT2D eigenvalue weighted by Gasteiger charge is 2.37. The number of nitrogens with zero attached hydrogens (tertiary/aromatic N) is 2. The summed E-state index contributed by atoms with van der Waals surface area (Å²) in [5, 5.41) is 0. The third-order valence-corrected chi connectivity index (χ3v) is 3.74. The maximum absolute atomic E-state index is 10.5. The highest BCUT2D eigenvalue weighted by atomic mass is 16.1. The fourth-order valence-electron chi connectivity index (χ4n) is 2.83. The van der Waals surface area contributed by atoms with Crippen LogP contribution < -0.4 is 0 Å². The minimum atomic E-state index is -0.340. The molecule has 0 radical (unpaired) electrons. The molecule has 0 bridgehead atoms. The van der Waals surface area contributed by atoms with Gasteiger partial charge in [0, 0.05) is 12.6 Å². The number of benzene rings is 1. The molecule has 0 N–H and O–H groups in total. The smallest absolute Gasteiger partial charge is 0.235 e. The normalized spacial score (nSPS) is 20.7. The summed E-state index contributed by atoms with van der Waals surface area (Å²) < 4.78 is 0. The summed E-state index contributed by atoms with van der Waals surface area (Å²) in [6, 6.07) is 10.8. The fraction of sp³-hybridized carbons (Fsp3) is 0.533. The van der Waals surface area contributed by atoms with Gasteiger partial charge in [-0.05, 0) is 38.8 Å². The molecule has 18 heavy (non-hydrogen) atoms. The van der Waals surface area contributed by atoms with Crippen LogP contribution in [0.1, 0.15) is 32.3 Å². The lowest BCUT2D eigenvalue weighted by Gasteiger charge is -2.33. The maximum atomic E-state index is 10.5. The van der Waals surface area contributed by atoms with Crippen molar-refractivity contribution >= 4 is 6.08 Å². The Hall–Kier alpha value is -1.44. The van der Waals surface area contributed by atoms with Crippen LogP contribution in [0, 0.1) is 0 Å². The number of isocyanates is 1. The second kappa shape index (κ2) is 5.47. The largest absolute Gasteiger partial charge is 0.294 e. The Morgan fingerprint density at radius 3 is 2.78 bits per heavy atom. The van der Waals surface area contributed by atoms with Crippen molar-refractivity contribution in [1.82, 2.24) is 4.90 Å². The van der Waals surface area contributed by atoms with E-state index < -0.39 is 0 Å². The molecule has 1 heterocycles. The highest BCUT2D eigenvalue weighted by molar-refractivity contribution is 5.35. The summed E-state index contributed by atoms with van der Waals surface area (Å²) in [7, 11) is 0. The lowest BCUT2D eigenvalue weighted by atomic mass is 9.93. The quantitative estimate of drug-likeness (QED) is 0.602. The lowest BCUT2D eigenvalue weighted by Crippen LogP contribution is -2.44. The predicted molar refractivity (Wildman–Crippen MR) is 72.1 cm³/mol. The van der Waals surface area contributed by atoms with Crippen molar-refractivity contribution in [3.63, 3.8) is 0 Å². The van der Waals surface area contributed by atoms with Gasteiger partial charge in [-0.15, -0.1) is 0 Å². The molecule has 1 aliphatic heterocycles. The van der Waals surface area contributed by atoms with Crippen LogP contribution in [0.2, 0.25) is 0 Å². The van der Waals surface area contributed by atoms with Gasteiger partial charge >= 0.3 is 0 Å². The highest BCUT2D eigenvalue weighted by Crippen LogP contribution is 2.30. The summed E-state index contributed by atoms with van der Waals surface area (Å²) in [5.74, 6) is 0. The van der Waals surface area contributed by atoms with E-state index >= 15 is 0 Å². The van der Waals surface area contributed by atoms with Crippen molar-refractivity contribution in [3.8, 4) is 0 Å². The standard InChI is InChI=1S/C15H20N2O/c1-15(2,16-12-18)14-9-6-10-17(14)11-13-7-4-3-5-8-13/h3-5,7-8,14H,6,9-11H2,1-2H3. The second-order valence-electron chi connectivity index (χ2n) is 5.47. The van der Waals surface area contributed by atoms with Gasteiger partial charge in [0.25, 0.3) is 0 Å². The molecule has 2 rings (SSSR count). The zero-order chi connectivity index (χ0) is 13.0. The van der Waals surface area contributed by atoms with E-state index in [2.05, 4.69) is 34.2 Å². The van der Waals surface area contributed by atoms with Crippen molar-refractivity contribution in [2.45, 2.75) is 44.8 Å². The van der Waals surface area contributed by atoms with Crippen LogP contribution >= 0.6 is 0 Å². The first-order valence-corrected chi connectivity index (χ1v) is 6.50. The Balaban J connectivity index is 2.11. The van der Waals surface area contributed by atoms with Gasteiger partial charge in [0.1, 0.15) is 0 Å². The summed E-state index contributed by atoms with van der Waals surface area (Å²) in [4.78, 5) is 16.9. The Labute approximate surface area is 109 Å². The molecule has 3 nitrogen and oxygen atoms in total. The molecule has 0 aliphatic carbocycles. The second-order valence-corrected chi connectivity index (χ2v) is 5.47. The molecular weight excluding hydrogens is 224 g/mol. The van der Waals surface area contributed by atoms with Crippen LogP contribution in [0.5, 0.6) is 0 Å². The first-order valence-electron chi connectivity index (χ1n) is 6.50. The molecular formula is C15H20N2O. The van der Waals surface area contributed by atoms with Crippen LogP contribution in [-0.2, 0) is 11.3 Å². The summed E-state index contributed by atoms with van der Waals surface area (Å²) in [6.07, 6.45) is 4.00. The van der Waals surface area contributed by atoms with Gasteiger partial charge in [-0.1, -0.05) is 30.3 Å². The van der Waals surface area contributed by atoms with Gasteiger partial charge in [0.15, 0.2) is 0 Å². The molecule has 0 aromatic heterocycles. The molecule has 0 spiro atoms. The molecule has 1 atom stereocenters. The van der Waals surface area contributed by atoms with Crippen LogP contribution in [0.3, 0.4) is 0 Å². The monoisotopic (exact) mass is 244 g/mol. The van der Waals surface area contributed by atoms with E-state index in [0.717, 1.165) is 19.5 Å². The Morgan fingerprint density at radius 2 is 2.11 bits per heavy atom. The molecule has 96 valence electrons. The SMILES string of the molecule is CC(C)(N=C=O)C1CCCN1Cc1ccccc1. The number of aliphatic imine (C=N–C) groups is 1. The van der Waals surface area contributed by atoms with Gasteiger partial charge in [-0.2, -0.15) is 4.99 Å². The van der Waals surface area contributed by atoms with Gasteiger partial charge in [0.2, 0.25) is 6.08 Å². The number of hydrogen-bond donors (Lipinski definition) is 0. The Morgan fingerprint density at radius 1 is 1.39 bits per heavy atom. The summed E-state index contributed by atoms with van der Waals surface area (Å²) >= 11 is 0. The molecule has 1 aliphatic rings. The van der Waals surface area contributed by atoms with Gasteiger partial charge in [-0.3, -0.25) is 4.90 Å². The Kier molecular flexibility index (Phi) is 3.95. The minimum Gasteiger partial charge on any atom is -0.294 e. The minimum absolute atomic E-state index is 0.333. The van der Waals surface area contributed by atoms with E-state index in [1.807, 2.05) is 19.9 Å². The third-order valence-electron chi connectivity index (χ3n) is 3.74. The van der Waals surface area contributed by atoms with Crippen molar-refractivity contribution in [2.75, 3.05) is 6.54 Å². The zero-order valence-electron chi connectivity index (χ0n) is 11.1. The lowest BCUT2D eigenvalue weighted by molar-refractivity contribution is 0.177. The molecule has 1 aromatic rings. The van der Waals surface area contributed by atoms with E-state index in [9.17, 15) is 4.79 Å². The van der Waals surface area contributed by atoms with Crippen molar-refractivity contribution in [2.24, 2.45) is 4.99 Å². The first-order chi connectivity index (χ1) is 8.63. The molecule has 1 aromatic carbocycles. The molecule has 1 fully saturated rings. The summed E-state index contributed by atoms with van der Waals surface area (Å²) in [5.41, 5.74) is 0.975. The number of rotatable bonds is 4. The number of hydrogen-bond acceptors (Lipinski definition) is 3. The van der Waals surface area contributed by atoms with Crippen LogP contribution in [0.25, 0.3) is 0 Å². The average Bonchev–Trinajstić information content (AvgIpc) is 2.79. The molecule has 1 unspecified atom stereocenters. The van der Waals surface area contributed by atoms with Gasteiger partial charge in [0.05, 0.1) is 5.54 Å². The van der Waals surface area contributed by atoms with E-state index in [-0.39, 0.29) is 5.54 Å². The first kappa shape index (κ1) is 13.0. The van der Waals surface area contributed by atoms with Crippen LogP contribution in [0.4, 0.5) is 0 Å². The maximum Gasteiger partial charge on any atom is 0.235 e. The van der Waals surface area contributed by atoms with E-state index in [1.165, 1.54) is 12.0 Å². The zero-order valence-corrected chi connectivity index (χ0v) is 11.1. The van der Waals surface area contributed by atoms with Crippen LogP contribution in [-0.4, -0.2) is 29.1 Å². The van der Waals surface area contributed by atoms with E-state index in [1.54, 1.807) is 6.08 Å². The molecule has 3 heteroatoms. The van der Waals surface area contributed by atoms with Gasteiger partial charge in [-0.25, -0.2) is 4.79 Å². The molecule has 0 amide bonds. The molecule has 1 saturated heterocycles. The van der Waals surface area contributed by atoms with Crippen LogP contribution in [0.15, 0.2) is 35.3 Å². The van der Waals surface area contributed by atoms with E-state index in [0.29, 0.717) is 6.04 Å². The van der Waals surface area contributed by atoms with E-state index in [4.69, 9.17) is 0 Å². The number of carbonyl (C=O) groups excluding carboxylic acids is 1. The predicted octanol–water partition coefficient (Wildman–Crippen LogP) is 2.77. The van der Waals surface area contributed by atoms with Crippen molar-refractivity contribution in [1.29, 1.82) is 0 Å². The molecule has 0 saturated carbocycles. The summed E-state index contributed by atoms with van der Waals surface area (Å²) in [6.45, 7) is 6.05. The third kappa shape index (κ3) is 2.87. The van der Waals surface area contributed by atoms with Gasteiger partial charge < -0.3 is 0 Å². The van der Waals surface area contributed by atoms with Crippen molar-refractivity contribution in [3.05, 3.63) is 35.9 Å².